The number of halogens is 2. The zero-order chi connectivity index (χ0) is 13.6. The van der Waals surface area contributed by atoms with E-state index < -0.39 is 0 Å². The standard InChI is InChI=1S/C15H20FIN2/c1-8(11-5-9-2-3-10(11)4-9)19-15-6-12(16)13(17)7-14(15)18/h6-11,19H,2-5,18H2,1H3. The minimum atomic E-state index is -0.197. The number of benzene rings is 1. The van der Waals surface area contributed by atoms with Gasteiger partial charge in [0.1, 0.15) is 5.82 Å². The smallest absolute Gasteiger partial charge is 0.138 e. The first kappa shape index (κ1) is 13.5. The number of nitrogens with one attached hydrogen (secondary N) is 1. The van der Waals surface area contributed by atoms with Gasteiger partial charge in [0.15, 0.2) is 0 Å². The predicted octanol–water partition coefficient (Wildman–Crippen LogP) is 4.25. The fraction of sp³-hybridized carbons (Fsp3) is 0.600. The molecule has 19 heavy (non-hydrogen) atoms. The molecule has 0 heterocycles. The highest BCUT2D eigenvalue weighted by Crippen LogP contribution is 2.50. The fourth-order valence-corrected chi connectivity index (χ4v) is 4.44. The number of rotatable bonds is 3. The van der Waals surface area contributed by atoms with Crippen molar-refractivity contribution < 1.29 is 4.39 Å². The maximum Gasteiger partial charge on any atom is 0.138 e. The monoisotopic (exact) mass is 374 g/mol. The molecule has 2 saturated carbocycles. The molecule has 3 rings (SSSR count). The van der Waals surface area contributed by atoms with Crippen molar-refractivity contribution in [3.05, 3.63) is 21.5 Å². The third-order valence-corrected chi connectivity index (χ3v) is 5.74. The summed E-state index contributed by atoms with van der Waals surface area (Å²) in [5, 5.41) is 3.44. The summed E-state index contributed by atoms with van der Waals surface area (Å²) in [6.07, 6.45) is 5.50. The lowest BCUT2D eigenvalue weighted by molar-refractivity contribution is 0.304. The molecule has 2 aliphatic carbocycles. The van der Waals surface area contributed by atoms with Crippen molar-refractivity contribution in [3.8, 4) is 0 Å². The van der Waals surface area contributed by atoms with Crippen LogP contribution in [-0.4, -0.2) is 6.04 Å². The Morgan fingerprint density at radius 3 is 2.79 bits per heavy atom. The van der Waals surface area contributed by atoms with Crippen LogP contribution in [0.4, 0.5) is 15.8 Å². The molecule has 2 fully saturated rings. The Hall–Kier alpha value is -0.520. The first-order valence-corrected chi connectivity index (χ1v) is 8.13. The molecule has 2 nitrogen and oxygen atoms in total. The molecule has 0 aliphatic heterocycles. The molecule has 4 unspecified atom stereocenters. The third-order valence-electron chi connectivity index (χ3n) is 4.91. The molecule has 1 aromatic rings. The summed E-state index contributed by atoms with van der Waals surface area (Å²) < 4.78 is 14.2. The number of anilines is 2. The maximum atomic E-state index is 13.6. The van der Waals surface area contributed by atoms with Crippen LogP contribution in [0, 0.1) is 27.1 Å². The van der Waals surface area contributed by atoms with Gasteiger partial charge in [-0.2, -0.15) is 0 Å². The summed E-state index contributed by atoms with van der Waals surface area (Å²) in [5.41, 5.74) is 7.36. The number of hydrogen-bond donors (Lipinski definition) is 2. The molecular formula is C15H20FIN2. The van der Waals surface area contributed by atoms with E-state index in [4.69, 9.17) is 5.73 Å². The second kappa shape index (κ2) is 5.11. The van der Waals surface area contributed by atoms with Crippen LogP contribution in [-0.2, 0) is 0 Å². The van der Waals surface area contributed by atoms with E-state index in [1.807, 2.05) is 22.6 Å². The normalized spacial score (nSPS) is 30.6. The predicted molar refractivity (Wildman–Crippen MR) is 85.6 cm³/mol. The summed E-state index contributed by atoms with van der Waals surface area (Å²) >= 11 is 1.97. The molecule has 0 amide bonds. The van der Waals surface area contributed by atoms with Crippen LogP contribution in [0.25, 0.3) is 0 Å². The molecular weight excluding hydrogens is 354 g/mol. The van der Waals surface area contributed by atoms with Gasteiger partial charge in [0.2, 0.25) is 0 Å². The Morgan fingerprint density at radius 2 is 2.16 bits per heavy atom. The number of hydrogen-bond acceptors (Lipinski definition) is 2. The zero-order valence-electron chi connectivity index (χ0n) is 11.1. The second-order valence-electron chi connectivity index (χ2n) is 6.13. The van der Waals surface area contributed by atoms with Crippen LogP contribution in [0.5, 0.6) is 0 Å². The van der Waals surface area contributed by atoms with Gasteiger partial charge in [-0.3, -0.25) is 0 Å². The topological polar surface area (TPSA) is 38.0 Å². The van der Waals surface area contributed by atoms with Gasteiger partial charge in [-0.05, 0) is 72.6 Å². The molecule has 0 aromatic heterocycles. The lowest BCUT2D eigenvalue weighted by Crippen LogP contribution is -2.30. The van der Waals surface area contributed by atoms with Crippen molar-refractivity contribution in [1.29, 1.82) is 0 Å². The Balaban J connectivity index is 1.73. The molecule has 0 saturated heterocycles. The number of fused-ring (bicyclic) bond motifs is 2. The zero-order valence-corrected chi connectivity index (χ0v) is 13.3. The van der Waals surface area contributed by atoms with Crippen LogP contribution < -0.4 is 11.1 Å². The van der Waals surface area contributed by atoms with Gasteiger partial charge in [-0.15, -0.1) is 0 Å². The third kappa shape index (κ3) is 2.56. The van der Waals surface area contributed by atoms with Gasteiger partial charge in [-0.25, -0.2) is 4.39 Å². The van der Waals surface area contributed by atoms with Crippen molar-refractivity contribution in [2.24, 2.45) is 17.8 Å². The Bertz CT molecular complexity index is 491. The van der Waals surface area contributed by atoms with Gasteiger partial charge in [0.25, 0.3) is 0 Å². The first-order chi connectivity index (χ1) is 9.04. The van der Waals surface area contributed by atoms with E-state index in [9.17, 15) is 4.39 Å². The quantitative estimate of drug-likeness (QED) is 0.613. The molecule has 2 bridgehead atoms. The molecule has 3 N–H and O–H groups in total. The van der Waals surface area contributed by atoms with Crippen molar-refractivity contribution in [2.75, 3.05) is 11.1 Å². The molecule has 4 heteroatoms. The highest BCUT2D eigenvalue weighted by atomic mass is 127. The number of nitrogens with two attached hydrogens (primary N) is 1. The Labute approximate surface area is 127 Å². The van der Waals surface area contributed by atoms with Crippen LogP contribution in [0.3, 0.4) is 0 Å². The molecule has 4 atom stereocenters. The minimum absolute atomic E-state index is 0.197. The van der Waals surface area contributed by atoms with E-state index in [-0.39, 0.29) is 5.82 Å². The number of nitrogen functional groups attached to an aromatic ring is 1. The Kier molecular flexibility index (Phi) is 3.62. The fourth-order valence-electron chi connectivity index (χ4n) is 3.95. The maximum absolute atomic E-state index is 13.6. The molecule has 0 radical (unpaired) electrons. The summed E-state index contributed by atoms with van der Waals surface area (Å²) in [7, 11) is 0. The lowest BCUT2D eigenvalue weighted by Gasteiger charge is -2.29. The van der Waals surface area contributed by atoms with Gasteiger partial charge in [-0.1, -0.05) is 6.42 Å². The summed E-state index contributed by atoms with van der Waals surface area (Å²) in [5.74, 6) is 2.32. The highest BCUT2D eigenvalue weighted by molar-refractivity contribution is 14.1. The lowest BCUT2D eigenvalue weighted by atomic mass is 9.84. The molecule has 0 spiro atoms. The van der Waals surface area contributed by atoms with E-state index in [0.29, 0.717) is 15.3 Å². The summed E-state index contributed by atoms with van der Waals surface area (Å²) in [6, 6.07) is 3.60. The van der Waals surface area contributed by atoms with Gasteiger partial charge in [0.05, 0.1) is 14.9 Å². The second-order valence-corrected chi connectivity index (χ2v) is 7.29. The van der Waals surface area contributed by atoms with E-state index in [1.54, 1.807) is 6.07 Å². The average Bonchev–Trinajstić information content (AvgIpc) is 2.98. The molecule has 2 aliphatic rings. The van der Waals surface area contributed by atoms with Gasteiger partial charge < -0.3 is 11.1 Å². The largest absolute Gasteiger partial charge is 0.397 e. The van der Waals surface area contributed by atoms with E-state index in [2.05, 4.69) is 12.2 Å². The highest BCUT2D eigenvalue weighted by Gasteiger charge is 2.41. The molecule has 1 aromatic carbocycles. The summed E-state index contributed by atoms with van der Waals surface area (Å²) in [4.78, 5) is 0. The summed E-state index contributed by atoms with van der Waals surface area (Å²) in [6.45, 7) is 2.21. The van der Waals surface area contributed by atoms with Gasteiger partial charge >= 0.3 is 0 Å². The SMILES string of the molecule is CC(Nc1cc(F)c(I)cc1N)C1CC2CCC1C2. The Morgan fingerprint density at radius 1 is 1.37 bits per heavy atom. The van der Waals surface area contributed by atoms with E-state index in [1.165, 1.54) is 31.7 Å². The van der Waals surface area contributed by atoms with Crippen molar-refractivity contribution in [3.63, 3.8) is 0 Å². The van der Waals surface area contributed by atoms with Crippen molar-refractivity contribution in [1.82, 2.24) is 0 Å². The molecule has 104 valence electrons. The van der Waals surface area contributed by atoms with Crippen molar-refractivity contribution in [2.45, 2.75) is 38.6 Å². The minimum Gasteiger partial charge on any atom is -0.397 e. The van der Waals surface area contributed by atoms with E-state index in [0.717, 1.165) is 23.4 Å². The average molecular weight is 374 g/mol. The first-order valence-electron chi connectivity index (χ1n) is 7.05. The van der Waals surface area contributed by atoms with Crippen LogP contribution >= 0.6 is 22.6 Å². The van der Waals surface area contributed by atoms with Crippen molar-refractivity contribution >= 4 is 34.0 Å². The van der Waals surface area contributed by atoms with Crippen LogP contribution in [0.2, 0.25) is 0 Å². The van der Waals surface area contributed by atoms with Crippen LogP contribution in [0.1, 0.15) is 32.6 Å². The van der Waals surface area contributed by atoms with E-state index >= 15 is 0 Å². The van der Waals surface area contributed by atoms with Gasteiger partial charge in [0, 0.05) is 12.1 Å². The van der Waals surface area contributed by atoms with Crippen LogP contribution in [0.15, 0.2) is 12.1 Å².